The molecule has 0 spiro atoms. The summed E-state index contributed by atoms with van der Waals surface area (Å²) >= 11 is 0. The molecule has 6 nitrogen and oxygen atoms in total. The monoisotopic (exact) mass is 365 g/mol. The maximum atomic E-state index is 12.0. The first kappa shape index (κ1) is 18.8. The standard InChI is InChI=1S/C21H23N3O3/c25-19(17-6-2-1-3-7-17)8-4-9-20(26)23-14-16-12-18(15-22-13-16)24-11-5-10-21(24)27/h1-3,6-7,12-13,15H,4-5,8-11,14H2,(H,23,26). The topological polar surface area (TPSA) is 79.4 Å². The summed E-state index contributed by atoms with van der Waals surface area (Å²) in [7, 11) is 0. The lowest BCUT2D eigenvalue weighted by Gasteiger charge is -2.16. The molecular formula is C21H23N3O3. The van der Waals surface area contributed by atoms with Crippen LogP contribution < -0.4 is 10.2 Å². The fraction of sp³-hybridized carbons (Fsp3) is 0.333. The molecule has 2 aromatic rings. The van der Waals surface area contributed by atoms with Crippen molar-refractivity contribution >= 4 is 23.3 Å². The number of hydrogen-bond donors (Lipinski definition) is 1. The first-order valence-corrected chi connectivity index (χ1v) is 9.23. The quantitative estimate of drug-likeness (QED) is 0.730. The van der Waals surface area contributed by atoms with Crippen molar-refractivity contribution in [2.45, 2.75) is 38.6 Å². The van der Waals surface area contributed by atoms with Crippen molar-refractivity contribution in [3.05, 3.63) is 59.9 Å². The molecule has 1 aromatic heterocycles. The average Bonchev–Trinajstić information content (AvgIpc) is 3.13. The molecule has 2 heterocycles. The molecule has 6 heteroatoms. The van der Waals surface area contributed by atoms with E-state index in [4.69, 9.17) is 0 Å². The number of pyridine rings is 1. The van der Waals surface area contributed by atoms with Gasteiger partial charge in [-0.2, -0.15) is 0 Å². The minimum absolute atomic E-state index is 0.0515. The highest BCUT2D eigenvalue weighted by molar-refractivity contribution is 5.96. The van der Waals surface area contributed by atoms with Gasteiger partial charge in [-0.15, -0.1) is 0 Å². The van der Waals surface area contributed by atoms with E-state index in [9.17, 15) is 14.4 Å². The van der Waals surface area contributed by atoms with E-state index >= 15 is 0 Å². The maximum absolute atomic E-state index is 12.0. The Kier molecular flexibility index (Phi) is 6.30. The number of carbonyl (C=O) groups excluding carboxylic acids is 3. The van der Waals surface area contributed by atoms with Gasteiger partial charge >= 0.3 is 0 Å². The molecule has 0 bridgehead atoms. The van der Waals surface area contributed by atoms with Crippen molar-refractivity contribution in [1.29, 1.82) is 0 Å². The minimum Gasteiger partial charge on any atom is -0.352 e. The molecule has 0 radical (unpaired) electrons. The number of amides is 2. The van der Waals surface area contributed by atoms with Gasteiger partial charge in [0.2, 0.25) is 11.8 Å². The normalized spacial score (nSPS) is 13.6. The fourth-order valence-electron chi connectivity index (χ4n) is 3.11. The number of ketones is 1. The summed E-state index contributed by atoms with van der Waals surface area (Å²) in [6.07, 6.45) is 5.96. The molecule has 1 N–H and O–H groups in total. The van der Waals surface area contributed by atoms with Crippen molar-refractivity contribution in [2.24, 2.45) is 0 Å². The molecule has 27 heavy (non-hydrogen) atoms. The van der Waals surface area contributed by atoms with Crippen molar-refractivity contribution in [3.63, 3.8) is 0 Å². The van der Waals surface area contributed by atoms with Gasteiger partial charge in [-0.05, 0) is 24.5 Å². The molecule has 140 valence electrons. The molecule has 1 fully saturated rings. The molecular weight excluding hydrogens is 342 g/mol. The van der Waals surface area contributed by atoms with Crippen LogP contribution in [0.1, 0.15) is 48.0 Å². The zero-order valence-electron chi connectivity index (χ0n) is 15.2. The Balaban J connectivity index is 1.43. The second kappa shape index (κ2) is 9.07. The minimum atomic E-state index is -0.0986. The third-order valence-electron chi connectivity index (χ3n) is 4.56. The summed E-state index contributed by atoms with van der Waals surface area (Å²) < 4.78 is 0. The zero-order valence-corrected chi connectivity index (χ0v) is 15.2. The zero-order chi connectivity index (χ0) is 19.1. The molecule has 0 aliphatic carbocycles. The SMILES string of the molecule is O=C(CCCC(=O)c1ccccc1)NCc1cncc(N2CCCC2=O)c1. The van der Waals surface area contributed by atoms with Crippen molar-refractivity contribution in [2.75, 3.05) is 11.4 Å². The molecule has 3 rings (SSSR count). The molecule has 2 amide bonds. The third-order valence-corrected chi connectivity index (χ3v) is 4.56. The fourth-order valence-corrected chi connectivity index (χ4v) is 3.11. The number of Topliss-reactive ketones (excluding diaryl/α,β-unsaturated/α-hetero) is 1. The van der Waals surface area contributed by atoms with E-state index in [0.717, 1.165) is 17.7 Å². The predicted molar refractivity (Wildman–Crippen MR) is 102 cm³/mol. The Labute approximate surface area is 158 Å². The van der Waals surface area contributed by atoms with Crippen LogP contribution in [0.2, 0.25) is 0 Å². The van der Waals surface area contributed by atoms with E-state index in [2.05, 4.69) is 10.3 Å². The number of nitrogens with one attached hydrogen (secondary N) is 1. The Morgan fingerprint density at radius 3 is 2.67 bits per heavy atom. The van der Waals surface area contributed by atoms with E-state index in [1.54, 1.807) is 29.4 Å². The third kappa shape index (κ3) is 5.23. The largest absolute Gasteiger partial charge is 0.352 e. The molecule has 0 unspecified atom stereocenters. The van der Waals surface area contributed by atoms with Crippen LogP contribution in [0.15, 0.2) is 48.8 Å². The molecule has 0 saturated carbocycles. The number of rotatable bonds is 8. The highest BCUT2D eigenvalue weighted by atomic mass is 16.2. The molecule has 0 atom stereocenters. The van der Waals surface area contributed by atoms with Crippen LogP contribution in [0, 0.1) is 0 Å². The van der Waals surface area contributed by atoms with E-state index in [1.807, 2.05) is 24.3 Å². The van der Waals surface area contributed by atoms with Gasteiger partial charge in [-0.1, -0.05) is 30.3 Å². The van der Waals surface area contributed by atoms with E-state index < -0.39 is 0 Å². The molecule has 1 aliphatic heterocycles. The molecule has 1 aliphatic rings. The van der Waals surface area contributed by atoms with Gasteiger partial charge in [0.1, 0.15) is 0 Å². The Hall–Kier alpha value is -3.02. The van der Waals surface area contributed by atoms with Crippen molar-refractivity contribution in [1.82, 2.24) is 10.3 Å². The van der Waals surface area contributed by atoms with Crippen molar-refractivity contribution in [3.8, 4) is 0 Å². The van der Waals surface area contributed by atoms with Gasteiger partial charge < -0.3 is 10.2 Å². The van der Waals surface area contributed by atoms with Gasteiger partial charge in [0.15, 0.2) is 5.78 Å². The summed E-state index contributed by atoms with van der Waals surface area (Å²) in [6, 6.07) is 11.0. The van der Waals surface area contributed by atoms with Crippen LogP contribution in [0.5, 0.6) is 0 Å². The van der Waals surface area contributed by atoms with Crippen LogP contribution in [0.3, 0.4) is 0 Å². The highest BCUT2D eigenvalue weighted by Gasteiger charge is 2.22. The second-order valence-corrected chi connectivity index (χ2v) is 6.62. The van der Waals surface area contributed by atoms with Crippen LogP contribution in [-0.4, -0.2) is 29.1 Å². The first-order chi connectivity index (χ1) is 13.1. The average molecular weight is 365 g/mol. The number of nitrogens with zero attached hydrogens (tertiary/aromatic N) is 2. The number of anilines is 1. The summed E-state index contributed by atoms with van der Waals surface area (Å²) in [5.74, 6) is 0.0650. The molecule has 1 saturated heterocycles. The summed E-state index contributed by atoms with van der Waals surface area (Å²) in [5.41, 5.74) is 2.30. The number of benzene rings is 1. The highest BCUT2D eigenvalue weighted by Crippen LogP contribution is 2.21. The van der Waals surface area contributed by atoms with Crippen molar-refractivity contribution < 1.29 is 14.4 Å². The summed E-state index contributed by atoms with van der Waals surface area (Å²) in [5, 5.41) is 2.85. The second-order valence-electron chi connectivity index (χ2n) is 6.62. The van der Waals surface area contributed by atoms with Gasteiger partial charge in [0.25, 0.3) is 0 Å². The molecule has 1 aromatic carbocycles. The van der Waals surface area contributed by atoms with Gasteiger partial charge in [-0.25, -0.2) is 0 Å². The predicted octanol–water partition coefficient (Wildman–Crippen LogP) is 2.88. The van der Waals surface area contributed by atoms with Crippen LogP contribution in [0.25, 0.3) is 0 Å². The summed E-state index contributed by atoms with van der Waals surface area (Å²) in [4.78, 5) is 41.8. The number of carbonyl (C=O) groups is 3. The number of hydrogen-bond acceptors (Lipinski definition) is 4. The van der Waals surface area contributed by atoms with Gasteiger partial charge in [-0.3, -0.25) is 19.4 Å². The smallest absolute Gasteiger partial charge is 0.227 e. The maximum Gasteiger partial charge on any atom is 0.227 e. The van der Waals surface area contributed by atoms with Crippen LogP contribution >= 0.6 is 0 Å². The lowest BCUT2D eigenvalue weighted by Crippen LogP contribution is -2.25. The Morgan fingerprint density at radius 1 is 1.11 bits per heavy atom. The van der Waals surface area contributed by atoms with Gasteiger partial charge in [0.05, 0.1) is 11.9 Å². The lowest BCUT2D eigenvalue weighted by molar-refractivity contribution is -0.121. The number of aromatic nitrogens is 1. The van der Waals surface area contributed by atoms with E-state index in [-0.39, 0.29) is 17.6 Å². The van der Waals surface area contributed by atoms with Crippen LogP contribution in [0.4, 0.5) is 5.69 Å². The van der Waals surface area contributed by atoms with Gasteiger partial charge in [0, 0.05) is 44.1 Å². The lowest BCUT2D eigenvalue weighted by atomic mass is 10.1. The van der Waals surface area contributed by atoms with Crippen LogP contribution in [-0.2, 0) is 16.1 Å². The first-order valence-electron chi connectivity index (χ1n) is 9.23. The Morgan fingerprint density at radius 2 is 1.93 bits per heavy atom. The Bertz CT molecular complexity index is 820. The van der Waals surface area contributed by atoms with E-state index in [1.165, 1.54) is 0 Å². The van der Waals surface area contributed by atoms with E-state index in [0.29, 0.717) is 44.3 Å². The summed E-state index contributed by atoms with van der Waals surface area (Å²) in [6.45, 7) is 1.07.